The smallest absolute Gasteiger partial charge is 0.193 e. The molecule has 6 rings (SSSR count). The number of morpholine rings is 1. The fourth-order valence-electron chi connectivity index (χ4n) is 5.04. The van der Waals surface area contributed by atoms with Crippen molar-refractivity contribution in [2.24, 2.45) is 0 Å². The van der Waals surface area contributed by atoms with Crippen molar-refractivity contribution in [3.05, 3.63) is 118 Å². The molecule has 0 bridgehead atoms. The first kappa shape index (κ1) is 25.9. The number of aromatic nitrogens is 2. The SMILES string of the molecule is O=C(Cc1ccc(C(=O)c2ccc(CC(=O)c3cc(C4CC4)[nH]n3)cc2)cc1)c1ccc(N2CCOCC2)cc1. The summed E-state index contributed by atoms with van der Waals surface area (Å²) in [5.41, 5.74) is 6.08. The first-order valence-electron chi connectivity index (χ1n) is 13.8. The zero-order chi connectivity index (χ0) is 27.5. The molecular weight excluding hydrogens is 502 g/mol. The predicted molar refractivity (Wildman–Crippen MR) is 152 cm³/mol. The molecule has 1 aromatic heterocycles. The number of carbonyl (C=O) groups excluding carboxylic acids is 3. The van der Waals surface area contributed by atoms with Crippen LogP contribution in [-0.2, 0) is 17.6 Å². The molecule has 0 amide bonds. The summed E-state index contributed by atoms with van der Waals surface area (Å²) in [5.74, 6) is 0.416. The predicted octanol–water partition coefficient (Wildman–Crippen LogP) is 5.21. The second-order valence-corrected chi connectivity index (χ2v) is 10.6. The van der Waals surface area contributed by atoms with Crippen molar-refractivity contribution >= 4 is 23.0 Å². The molecule has 1 saturated carbocycles. The second kappa shape index (κ2) is 11.4. The molecule has 0 atom stereocenters. The topological polar surface area (TPSA) is 92.4 Å². The Bertz CT molecular complexity index is 1510. The van der Waals surface area contributed by atoms with Crippen LogP contribution >= 0.6 is 0 Å². The van der Waals surface area contributed by atoms with E-state index in [1.807, 2.05) is 54.6 Å². The average molecular weight is 534 g/mol. The quantitative estimate of drug-likeness (QED) is 0.282. The van der Waals surface area contributed by atoms with E-state index in [9.17, 15) is 14.4 Å². The summed E-state index contributed by atoms with van der Waals surface area (Å²) >= 11 is 0. The first-order valence-corrected chi connectivity index (χ1v) is 13.8. The van der Waals surface area contributed by atoms with E-state index in [-0.39, 0.29) is 30.2 Å². The van der Waals surface area contributed by atoms with Crippen LogP contribution in [0.1, 0.15) is 72.3 Å². The lowest BCUT2D eigenvalue weighted by molar-refractivity contribution is 0.0982. The normalized spacial score (nSPS) is 15.2. The molecule has 4 aromatic rings. The molecule has 2 heterocycles. The number of nitrogens with one attached hydrogen (secondary N) is 1. The Hall–Kier alpha value is -4.36. The third-order valence-electron chi connectivity index (χ3n) is 7.63. The highest BCUT2D eigenvalue weighted by molar-refractivity contribution is 6.09. The van der Waals surface area contributed by atoms with Gasteiger partial charge >= 0.3 is 0 Å². The van der Waals surface area contributed by atoms with Crippen molar-refractivity contribution < 1.29 is 19.1 Å². The van der Waals surface area contributed by atoms with Gasteiger partial charge in [0.25, 0.3) is 0 Å². The Morgan fingerprint density at radius 1 is 0.750 bits per heavy atom. The summed E-state index contributed by atoms with van der Waals surface area (Å²) in [6.07, 6.45) is 2.81. The number of carbonyl (C=O) groups is 3. The fourth-order valence-corrected chi connectivity index (χ4v) is 5.04. The third-order valence-corrected chi connectivity index (χ3v) is 7.63. The minimum atomic E-state index is -0.101. The minimum Gasteiger partial charge on any atom is -0.378 e. The van der Waals surface area contributed by atoms with Gasteiger partial charge in [-0.25, -0.2) is 0 Å². The van der Waals surface area contributed by atoms with Crippen molar-refractivity contribution in [1.29, 1.82) is 0 Å². The number of rotatable bonds is 10. The Morgan fingerprint density at radius 2 is 1.30 bits per heavy atom. The first-order chi connectivity index (χ1) is 19.5. The largest absolute Gasteiger partial charge is 0.378 e. The Labute approximate surface area is 233 Å². The van der Waals surface area contributed by atoms with Gasteiger partial charge in [-0.2, -0.15) is 5.10 Å². The molecule has 1 saturated heterocycles. The molecule has 7 nitrogen and oxygen atoms in total. The van der Waals surface area contributed by atoms with Gasteiger partial charge in [-0.1, -0.05) is 48.5 Å². The van der Waals surface area contributed by atoms with Crippen molar-refractivity contribution in [2.45, 2.75) is 31.6 Å². The van der Waals surface area contributed by atoms with Crippen LogP contribution in [0.15, 0.2) is 78.9 Å². The van der Waals surface area contributed by atoms with E-state index >= 15 is 0 Å². The van der Waals surface area contributed by atoms with Gasteiger partial charge in [0.05, 0.1) is 13.2 Å². The van der Waals surface area contributed by atoms with Crippen LogP contribution in [0, 0.1) is 0 Å². The number of anilines is 1. The van der Waals surface area contributed by atoms with Crippen molar-refractivity contribution in [2.75, 3.05) is 31.2 Å². The van der Waals surface area contributed by atoms with Crippen LogP contribution in [0.2, 0.25) is 0 Å². The van der Waals surface area contributed by atoms with E-state index in [0.29, 0.717) is 28.3 Å². The molecule has 0 radical (unpaired) electrons. The van der Waals surface area contributed by atoms with E-state index in [1.165, 1.54) is 0 Å². The van der Waals surface area contributed by atoms with Crippen LogP contribution in [0.5, 0.6) is 0 Å². The zero-order valence-electron chi connectivity index (χ0n) is 22.3. The lowest BCUT2D eigenvalue weighted by Gasteiger charge is -2.28. The number of aromatic amines is 1. The number of ketones is 3. The maximum absolute atomic E-state index is 13.0. The second-order valence-electron chi connectivity index (χ2n) is 10.6. The third kappa shape index (κ3) is 5.95. The Balaban J connectivity index is 1.04. The lowest BCUT2D eigenvalue weighted by Crippen LogP contribution is -2.36. The van der Waals surface area contributed by atoms with Crippen LogP contribution in [0.25, 0.3) is 0 Å². The van der Waals surface area contributed by atoms with E-state index in [2.05, 4.69) is 15.1 Å². The number of hydrogen-bond donors (Lipinski definition) is 1. The molecular formula is C33H31N3O4. The summed E-state index contributed by atoms with van der Waals surface area (Å²) < 4.78 is 5.41. The van der Waals surface area contributed by atoms with Crippen LogP contribution < -0.4 is 4.90 Å². The molecule has 40 heavy (non-hydrogen) atoms. The number of benzene rings is 3. The van der Waals surface area contributed by atoms with Gasteiger partial charge in [0.1, 0.15) is 5.69 Å². The van der Waals surface area contributed by atoms with Gasteiger partial charge in [0, 0.05) is 59.9 Å². The number of ether oxygens (including phenoxy) is 1. The highest BCUT2D eigenvalue weighted by atomic mass is 16.5. The Morgan fingerprint density at radius 3 is 1.88 bits per heavy atom. The summed E-state index contributed by atoms with van der Waals surface area (Å²) in [6.45, 7) is 3.15. The highest BCUT2D eigenvalue weighted by Gasteiger charge is 2.26. The molecule has 202 valence electrons. The number of nitrogens with zero attached hydrogens (tertiary/aromatic N) is 2. The Kier molecular flexibility index (Phi) is 7.38. The summed E-state index contributed by atoms with van der Waals surface area (Å²) in [4.78, 5) is 40.7. The zero-order valence-corrected chi connectivity index (χ0v) is 22.3. The maximum atomic E-state index is 13.0. The van der Waals surface area contributed by atoms with Crippen LogP contribution in [-0.4, -0.2) is 53.9 Å². The van der Waals surface area contributed by atoms with Gasteiger partial charge in [-0.05, 0) is 54.3 Å². The van der Waals surface area contributed by atoms with Crippen LogP contribution in [0.4, 0.5) is 5.69 Å². The molecule has 1 aliphatic heterocycles. The molecule has 7 heteroatoms. The summed E-state index contributed by atoms with van der Waals surface area (Å²) in [5, 5.41) is 7.14. The standard InChI is InChI=1S/C33H31N3O4/c37-31(25-11-13-28(14-12-25)36-15-17-40-18-16-36)19-22-1-5-26(6-2-22)33(39)27-7-3-23(4-8-27)20-32(38)30-21-29(34-35-30)24-9-10-24/h1-8,11-14,21,24H,9-10,15-20H2,(H,34,35). The van der Waals surface area contributed by atoms with Gasteiger partial charge in [0.2, 0.25) is 0 Å². The molecule has 2 aliphatic rings. The number of Topliss-reactive ketones (excluding diaryl/α,β-unsaturated/α-hetero) is 2. The fraction of sp³-hybridized carbons (Fsp3) is 0.273. The van der Waals surface area contributed by atoms with Crippen LogP contribution in [0.3, 0.4) is 0 Å². The minimum absolute atomic E-state index is 0.0383. The van der Waals surface area contributed by atoms with E-state index in [4.69, 9.17) is 4.74 Å². The summed E-state index contributed by atoms with van der Waals surface area (Å²) in [7, 11) is 0. The van der Waals surface area contributed by atoms with E-state index in [0.717, 1.165) is 61.7 Å². The van der Waals surface area contributed by atoms with Crippen molar-refractivity contribution in [3.8, 4) is 0 Å². The van der Waals surface area contributed by atoms with Gasteiger partial charge in [-0.3, -0.25) is 19.5 Å². The van der Waals surface area contributed by atoms with E-state index < -0.39 is 0 Å². The van der Waals surface area contributed by atoms with Gasteiger partial charge < -0.3 is 9.64 Å². The molecule has 1 N–H and O–H groups in total. The van der Waals surface area contributed by atoms with E-state index in [1.54, 1.807) is 24.3 Å². The molecule has 2 fully saturated rings. The number of hydrogen-bond acceptors (Lipinski definition) is 6. The molecule has 3 aromatic carbocycles. The highest BCUT2D eigenvalue weighted by Crippen LogP contribution is 2.39. The van der Waals surface area contributed by atoms with Gasteiger partial charge in [-0.15, -0.1) is 0 Å². The lowest BCUT2D eigenvalue weighted by atomic mass is 9.97. The monoisotopic (exact) mass is 533 g/mol. The molecule has 0 unspecified atom stereocenters. The maximum Gasteiger partial charge on any atom is 0.193 e. The number of H-pyrrole nitrogens is 1. The molecule has 1 aliphatic carbocycles. The average Bonchev–Trinajstić information content (AvgIpc) is 3.74. The van der Waals surface area contributed by atoms with Gasteiger partial charge in [0.15, 0.2) is 17.3 Å². The summed E-state index contributed by atoms with van der Waals surface area (Å²) in [6, 6.07) is 23.9. The van der Waals surface area contributed by atoms with Crippen molar-refractivity contribution in [1.82, 2.24) is 10.2 Å². The molecule has 0 spiro atoms. The van der Waals surface area contributed by atoms with Crippen molar-refractivity contribution in [3.63, 3.8) is 0 Å².